The number of carboxylic acids is 1. The van der Waals surface area contributed by atoms with E-state index in [2.05, 4.69) is 5.32 Å². The minimum Gasteiger partial charge on any atom is -0.493 e. The van der Waals surface area contributed by atoms with Gasteiger partial charge in [-0.2, -0.15) is 13.2 Å². The number of carbonyl (C=O) groups excluding carboxylic acids is 1. The Morgan fingerprint density at radius 1 is 0.886 bits per heavy atom. The fourth-order valence-corrected chi connectivity index (χ4v) is 4.60. The van der Waals surface area contributed by atoms with Crippen LogP contribution in [0.25, 0.3) is 0 Å². The topological polar surface area (TPSA) is 97.3 Å². The summed E-state index contributed by atoms with van der Waals surface area (Å²) in [4.78, 5) is 25.9. The standard InChI is InChI=1S/C31H33Cl2F3N2O6/c1-2-42-28(29(39)40)17-21-5-11-26(12-6-21)44-16-14-38(13-3-4-15-43-27-19-23(32)18-24(33)20-27)30(41)37-25-9-7-22(8-10-25)31(34,35)36/h5-12,18-20,28H,2-4,13-17H2,1H3,(H,37,41)(H,39,40). The molecule has 0 saturated heterocycles. The van der Waals surface area contributed by atoms with Crippen LogP contribution in [0.4, 0.5) is 23.7 Å². The minimum atomic E-state index is -4.48. The average molecular weight is 658 g/mol. The lowest BCUT2D eigenvalue weighted by atomic mass is 10.1. The number of ether oxygens (including phenoxy) is 3. The Morgan fingerprint density at radius 2 is 1.52 bits per heavy atom. The van der Waals surface area contributed by atoms with Gasteiger partial charge in [-0.25, -0.2) is 9.59 Å². The number of anilines is 1. The number of rotatable bonds is 16. The maximum Gasteiger partial charge on any atom is 0.416 e. The number of nitrogens with zero attached hydrogens (tertiary/aromatic N) is 1. The van der Waals surface area contributed by atoms with Crippen molar-refractivity contribution in [3.05, 3.63) is 87.9 Å². The van der Waals surface area contributed by atoms with Gasteiger partial charge in [-0.1, -0.05) is 35.3 Å². The highest BCUT2D eigenvalue weighted by Gasteiger charge is 2.30. The highest BCUT2D eigenvalue weighted by molar-refractivity contribution is 6.34. The molecule has 0 bridgehead atoms. The van der Waals surface area contributed by atoms with Crippen molar-refractivity contribution in [3.8, 4) is 11.5 Å². The van der Waals surface area contributed by atoms with Gasteiger partial charge in [0.2, 0.25) is 0 Å². The summed E-state index contributed by atoms with van der Waals surface area (Å²) in [7, 11) is 0. The van der Waals surface area contributed by atoms with Gasteiger partial charge >= 0.3 is 18.2 Å². The number of urea groups is 1. The van der Waals surface area contributed by atoms with Gasteiger partial charge in [0.15, 0.2) is 6.10 Å². The number of amides is 2. The molecule has 13 heteroatoms. The first-order valence-electron chi connectivity index (χ1n) is 13.8. The Hall–Kier alpha value is -3.67. The number of benzene rings is 3. The third-order valence-corrected chi connectivity index (χ3v) is 6.73. The van der Waals surface area contributed by atoms with Gasteiger partial charge in [0.1, 0.15) is 18.1 Å². The van der Waals surface area contributed by atoms with Crippen molar-refractivity contribution in [2.24, 2.45) is 0 Å². The number of carbonyl (C=O) groups is 2. The molecule has 1 unspecified atom stereocenters. The molecule has 2 amide bonds. The van der Waals surface area contributed by atoms with Crippen LogP contribution in [0.1, 0.15) is 30.9 Å². The summed E-state index contributed by atoms with van der Waals surface area (Å²) in [5, 5.41) is 12.8. The van der Waals surface area contributed by atoms with Crippen LogP contribution in [0, 0.1) is 0 Å². The lowest BCUT2D eigenvalue weighted by molar-refractivity contribution is -0.150. The van der Waals surface area contributed by atoms with E-state index < -0.39 is 29.8 Å². The van der Waals surface area contributed by atoms with Crippen LogP contribution in [0.15, 0.2) is 66.7 Å². The van der Waals surface area contributed by atoms with Crippen molar-refractivity contribution in [1.82, 2.24) is 4.90 Å². The van der Waals surface area contributed by atoms with Crippen molar-refractivity contribution in [2.75, 3.05) is 38.2 Å². The molecular weight excluding hydrogens is 624 g/mol. The maximum absolute atomic E-state index is 13.1. The summed E-state index contributed by atoms with van der Waals surface area (Å²) >= 11 is 12.0. The zero-order chi connectivity index (χ0) is 32.1. The number of carboxylic acid groups (broad SMARTS) is 1. The molecule has 0 aliphatic carbocycles. The summed E-state index contributed by atoms with van der Waals surface area (Å²) in [5.41, 5.74) is 0.166. The maximum atomic E-state index is 13.1. The van der Waals surface area contributed by atoms with E-state index in [0.29, 0.717) is 47.5 Å². The van der Waals surface area contributed by atoms with E-state index in [9.17, 15) is 27.9 Å². The fourth-order valence-electron chi connectivity index (χ4n) is 4.09. The van der Waals surface area contributed by atoms with E-state index >= 15 is 0 Å². The highest BCUT2D eigenvalue weighted by atomic mass is 35.5. The molecule has 0 aliphatic heterocycles. The van der Waals surface area contributed by atoms with Crippen molar-refractivity contribution in [2.45, 2.75) is 38.5 Å². The van der Waals surface area contributed by atoms with Gasteiger partial charge in [-0.15, -0.1) is 0 Å². The molecule has 0 fully saturated rings. The van der Waals surface area contributed by atoms with Crippen LogP contribution >= 0.6 is 23.2 Å². The van der Waals surface area contributed by atoms with Crippen molar-refractivity contribution >= 4 is 40.9 Å². The van der Waals surface area contributed by atoms with E-state index in [1.807, 2.05) is 0 Å². The van der Waals surface area contributed by atoms with Crippen LogP contribution < -0.4 is 14.8 Å². The molecule has 44 heavy (non-hydrogen) atoms. The minimum absolute atomic E-state index is 0.133. The quantitative estimate of drug-likeness (QED) is 0.153. The van der Waals surface area contributed by atoms with Crippen LogP contribution in [0.2, 0.25) is 10.0 Å². The molecule has 3 rings (SSSR count). The van der Waals surface area contributed by atoms with Gasteiger partial charge in [0.25, 0.3) is 0 Å². The van der Waals surface area contributed by atoms with E-state index in [0.717, 1.165) is 17.7 Å². The number of aliphatic carboxylic acids is 1. The number of unbranched alkanes of at least 4 members (excludes halogenated alkanes) is 1. The normalized spacial score (nSPS) is 12.0. The number of alkyl halides is 3. The van der Waals surface area contributed by atoms with Crippen LogP contribution in [0.5, 0.6) is 11.5 Å². The Labute approximate surface area is 263 Å². The van der Waals surface area contributed by atoms with Crippen molar-refractivity contribution in [3.63, 3.8) is 0 Å². The van der Waals surface area contributed by atoms with Crippen LogP contribution in [-0.2, 0) is 22.1 Å². The second-order valence-corrected chi connectivity index (χ2v) is 10.5. The van der Waals surface area contributed by atoms with Crippen molar-refractivity contribution in [1.29, 1.82) is 0 Å². The third-order valence-electron chi connectivity index (χ3n) is 6.30. The number of hydrogen-bond acceptors (Lipinski definition) is 5. The summed E-state index contributed by atoms with van der Waals surface area (Å²) in [6.07, 6.45) is -4.07. The molecule has 3 aromatic rings. The fraction of sp³-hybridized carbons (Fsp3) is 0.355. The number of halogens is 5. The lowest BCUT2D eigenvalue weighted by Gasteiger charge is -2.23. The first-order chi connectivity index (χ1) is 20.9. The molecule has 0 aromatic heterocycles. The monoisotopic (exact) mass is 656 g/mol. The first-order valence-corrected chi connectivity index (χ1v) is 14.6. The molecule has 2 N–H and O–H groups in total. The van der Waals surface area contributed by atoms with E-state index in [-0.39, 0.29) is 31.9 Å². The zero-order valence-corrected chi connectivity index (χ0v) is 25.4. The van der Waals surface area contributed by atoms with Gasteiger partial charge in [0.05, 0.1) is 18.7 Å². The Kier molecular flexibility index (Phi) is 13.4. The highest BCUT2D eigenvalue weighted by Crippen LogP contribution is 2.30. The summed E-state index contributed by atoms with van der Waals surface area (Å²) in [5.74, 6) is 0.00571. The molecule has 0 heterocycles. The second-order valence-electron chi connectivity index (χ2n) is 9.63. The van der Waals surface area contributed by atoms with Gasteiger partial charge < -0.3 is 29.5 Å². The molecule has 0 radical (unpaired) electrons. The number of nitrogens with one attached hydrogen (secondary N) is 1. The predicted molar refractivity (Wildman–Crippen MR) is 162 cm³/mol. The van der Waals surface area contributed by atoms with Gasteiger partial charge in [-0.05, 0) is 79.9 Å². The van der Waals surface area contributed by atoms with Gasteiger partial charge in [-0.3, -0.25) is 0 Å². The third kappa shape index (κ3) is 11.8. The summed E-state index contributed by atoms with van der Waals surface area (Å²) in [6, 6.07) is 15.5. The first kappa shape index (κ1) is 34.8. The molecule has 1 atom stereocenters. The summed E-state index contributed by atoms with van der Waals surface area (Å²) < 4.78 is 55.5. The van der Waals surface area contributed by atoms with Crippen LogP contribution in [-0.4, -0.2) is 61.0 Å². The molecule has 8 nitrogen and oxygen atoms in total. The SMILES string of the molecule is CCOC(Cc1ccc(OCCN(CCCCOc2cc(Cl)cc(Cl)c2)C(=O)Nc2ccc(C(F)(F)F)cc2)cc1)C(=O)O. The molecule has 0 saturated carbocycles. The van der Waals surface area contributed by atoms with Crippen molar-refractivity contribution < 1.29 is 42.1 Å². The zero-order valence-electron chi connectivity index (χ0n) is 23.9. The van der Waals surface area contributed by atoms with E-state index in [4.69, 9.17) is 37.4 Å². The second kappa shape index (κ2) is 17.0. The van der Waals surface area contributed by atoms with Crippen LogP contribution in [0.3, 0.4) is 0 Å². The van der Waals surface area contributed by atoms with E-state index in [1.165, 1.54) is 17.0 Å². The molecular formula is C31H33Cl2F3N2O6. The largest absolute Gasteiger partial charge is 0.493 e. The molecule has 3 aromatic carbocycles. The van der Waals surface area contributed by atoms with Gasteiger partial charge in [0, 0.05) is 35.3 Å². The Balaban J connectivity index is 1.56. The molecule has 238 valence electrons. The Bertz CT molecular complexity index is 1340. The molecule has 0 aliphatic rings. The van der Waals surface area contributed by atoms with E-state index in [1.54, 1.807) is 49.4 Å². The lowest BCUT2D eigenvalue weighted by Crippen LogP contribution is -2.38. The Morgan fingerprint density at radius 3 is 2.11 bits per heavy atom. The average Bonchev–Trinajstić information content (AvgIpc) is 2.96. The smallest absolute Gasteiger partial charge is 0.416 e. The summed E-state index contributed by atoms with van der Waals surface area (Å²) in [6.45, 7) is 3.00. The molecule has 0 spiro atoms. The number of hydrogen-bond donors (Lipinski definition) is 2. The predicted octanol–water partition coefficient (Wildman–Crippen LogP) is 7.82.